The summed E-state index contributed by atoms with van der Waals surface area (Å²) in [6, 6.07) is 6.00. The highest BCUT2D eigenvalue weighted by Gasteiger charge is 2.36. The van der Waals surface area contributed by atoms with Gasteiger partial charge in [0.05, 0.1) is 12.2 Å². The van der Waals surface area contributed by atoms with Gasteiger partial charge < -0.3 is 14.4 Å². The molecule has 2 saturated heterocycles. The van der Waals surface area contributed by atoms with Gasteiger partial charge in [-0.25, -0.2) is 13.4 Å². The van der Waals surface area contributed by atoms with E-state index in [1.165, 1.54) is 4.31 Å². The molecular weight excluding hydrogens is 462 g/mol. The summed E-state index contributed by atoms with van der Waals surface area (Å²) in [5.74, 6) is -0.273. The predicted molar refractivity (Wildman–Crippen MR) is 129 cm³/mol. The monoisotopic (exact) mass is 493 g/mol. The molecule has 0 aliphatic carbocycles. The van der Waals surface area contributed by atoms with Crippen LogP contribution < -0.4 is 4.90 Å². The minimum absolute atomic E-state index is 0.0464. The molecule has 10 heteroatoms. The third kappa shape index (κ3) is 5.05. The first-order valence-electron chi connectivity index (χ1n) is 11.5. The van der Waals surface area contributed by atoms with E-state index in [1.54, 1.807) is 17.1 Å². The van der Waals surface area contributed by atoms with Crippen LogP contribution in [0.4, 0.5) is 5.69 Å². The van der Waals surface area contributed by atoms with Crippen molar-refractivity contribution in [1.82, 2.24) is 18.8 Å². The number of hydrogen-bond donors (Lipinski definition) is 0. The van der Waals surface area contributed by atoms with Crippen molar-refractivity contribution >= 4 is 33.2 Å². The van der Waals surface area contributed by atoms with Gasteiger partial charge in [-0.1, -0.05) is 17.7 Å². The zero-order chi connectivity index (χ0) is 23.8. The Bertz CT molecular complexity index is 1110. The molecule has 2 fully saturated rings. The van der Waals surface area contributed by atoms with E-state index in [9.17, 15) is 13.2 Å². The van der Waals surface area contributed by atoms with Crippen molar-refractivity contribution in [1.29, 1.82) is 0 Å². The number of halogens is 1. The van der Waals surface area contributed by atoms with E-state index in [1.807, 2.05) is 36.9 Å². The van der Waals surface area contributed by atoms with Crippen LogP contribution in [0.1, 0.15) is 38.3 Å². The number of sulfonamides is 1. The van der Waals surface area contributed by atoms with Crippen LogP contribution in [0.3, 0.4) is 0 Å². The van der Waals surface area contributed by atoms with E-state index in [-0.39, 0.29) is 29.4 Å². The van der Waals surface area contributed by atoms with Gasteiger partial charge in [-0.05, 0) is 51.3 Å². The number of rotatable bonds is 5. The Morgan fingerprint density at radius 1 is 1.15 bits per heavy atom. The Morgan fingerprint density at radius 2 is 1.88 bits per heavy atom. The number of benzene rings is 1. The lowest BCUT2D eigenvalue weighted by Gasteiger charge is -2.39. The van der Waals surface area contributed by atoms with Gasteiger partial charge in [-0.3, -0.25) is 4.79 Å². The molecule has 33 heavy (non-hydrogen) atoms. The topological polar surface area (TPSA) is 78.8 Å². The third-order valence-corrected chi connectivity index (χ3v) is 8.60. The van der Waals surface area contributed by atoms with Crippen LogP contribution in [0.5, 0.6) is 0 Å². The van der Waals surface area contributed by atoms with Crippen LogP contribution >= 0.6 is 11.6 Å². The number of aryl methyl sites for hydroxylation is 1. The van der Waals surface area contributed by atoms with Crippen LogP contribution in [0.2, 0.25) is 5.02 Å². The molecule has 1 aromatic heterocycles. The van der Waals surface area contributed by atoms with E-state index in [0.717, 1.165) is 24.3 Å². The van der Waals surface area contributed by atoms with Crippen molar-refractivity contribution in [3.8, 4) is 0 Å². The predicted octanol–water partition coefficient (Wildman–Crippen LogP) is 3.18. The van der Waals surface area contributed by atoms with Crippen LogP contribution in [-0.2, 0) is 14.8 Å². The number of hydrogen-bond acceptors (Lipinski definition) is 5. The third-order valence-electron chi connectivity index (χ3n) is 6.61. The Kier molecular flexibility index (Phi) is 7.02. The van der Waals surface area contributed by atoms with Crippen LogP contribution in [-0.4, -0.2) is 72.3 Å². The molecule has 2 aliphatic rings. The van der Waals surface area contributed by atoms with Crippen molar-refractivity contribution in [3.05, 3.63) is 41.3 Å². The van der Waals surface area contributed by atoms with Gasteiger partial charge in [0.2, 0.25) is 5.91 Å². The lowest BCUT2D eigenvalue weighted by Crippen LogP contribution is -2.53. The van der Waals surface area contributed by atoms with Crippen LogP contribution in [0.25, 0.3) is 0 Å². The van der Waals surface area contributed by atoms with Gasteiger partial charge in [0.25, 0.3) is 10.0 Å². The molecule has 1 amide bonds. The van der Waals surface area contributed by atoms with Gasteiger partial charge in [0.1, 0.15) is 0 Å². The van der Waals surface area contributed by atoms with Gasteiger partial charge in [0.15, 0.2) is 5.03 Å². The Labute approximate surface area is 201 Å². The molecule has 2 aliphatic heterocycles. The summed E-state index contributed by atoms with van der Waals surface area (Å²) in [6.45, 7) is 9.33. The summed E-state index contributed by atoms with van der Waals surface area (Å²) in [7, 11) is -3.72. The average molecular weight is 494 g/mol. The van der Waals surface area contributed by atoms with Gasteiger partial charge in [0, 0.05) is 62.2 Å². The smallest absolute Gasteiger partial charge is 0.262 e. The molecule has 1 atom stereocenters. The molecular formula is C23H32ClN5O3S. The number of imidazole rings is 1. The second-order valence-electron chi connectivity index (χ2n) is 9.20. The Hall–Kier alpha value is -2.10. The first-order valence-corrected chi connectivity index (χ1v) is 13.3. The lowest BCUT2D eigenvalue weighted by molar-refractivity contribution is -0.137. The average Bonchev–Trinajstić information content (AvgIpc) is 3.32. The largest absolute Gasteiger partial charge is 0.368 e. The molecule has 0 bridgehead atoms. The van der Waals surface area contributed by atoms with Crippen molar-refractivity contribution in [2.45, 2.75) is 44.7 Å². The number of carbonyl (C=O) groups excluding carboxylic acids is 1. The number of amides is 1. The van der Waals surface area contributed by atoms with E-state index >= 15 is 0 Å². The van der Waals surface area contributed by atoms with E-state index in [0.29, 0.717) is 37.5 Å². The highest BCUT2D eigenvalue weighted by Crippen LogP contribution is 2.28. The SMILES string of the molecule is Cc1ccc(Cl)cc1N1CCN(C(=O)[C@@H]2CCCN(S(=O)(=O)c3cn(C(C)C)cn3)C2)CC1. The molecule has 4 rings (SSSR count). The zero-order valence-electron chi connectivity index (χ0n) is 19.4. The number of anilines is 1. The van der Waals surface area contributed by atoms with Gasteiger partial charge in [-0.2, -0.15) is 4.31 Å². The Morgan fingerprint density at radius 3 is 2.55 bits per heavy atom. The van der Waals surface area contributed by atoms with E-state index in [4.69, 9.17) is 11.6 Å². The second-order valence-corrected chi connectivity index (χ2v) is 11.5. The molecule has 180 valence electrons. The highest BCUT2D eigenvalue weighted by molar-refractivity contribution is 7.89. The minimum atomic E-state index is -3.72. The standard InChI is InChI=1S/C23H32ClN5O3S/c1-17(2)28-15-22(25-16-28)33(31,32)29-8-4-5-19(14-29)23(30)27-11-9-26(10-12-27)21-13-20(24)7-6-18(21)3/h6-7,13,15-17,19H,4-5,8-12,14H2,1-3H3/t19-/m1/s1. The quantitative estimate of drug-likeness (QED) is 0.639. The fourth-order valence-corrected chi connectivity index (χ4v) is 6.19. The van der Waals surface area contributed by atoms with Gasteiger partial charge >= 0.3 is 0 Å². The van der Waals surface area contributed by atoms with Crippen molar-refractivity contribution in [2.24, 2.45) is 5.92 Å². The summed E-state index contributed by atoms with van der Waals surface area (Å²) in [4.78, 5) is 21.5. The van der Waals surface area contributed by atoms with Crippen molar-refractivity contribution in [2.75, 3.05) is 44.2 Å². The molecule has 0 N–H and O–H groups in total. The summed E-state index contributed by atoms with van der Waals surface area (Å²) < 4.78 is 29.5. The van der Waals surface area contributed by atoms with Crippen LogP contribution in [0.15, 0.2) is 35.7 Å². The molecule has 3 heterocycles. The van der Waals surface area contributed by atoms with Gasteiger partial charge in [-0.15, -0.1) is 0 Å². The fourth-order valence-electron chi connectivity index (χ4n) is 4.58. The Balaban J connectivity index is 1.39. The molecule has 0 unspecified atom stereocenters. The van der Waals surface area contributed by atoms with Crippen molar-refractivity contribution < 1.29 is 13.2 Å². The van der Waals surface area contributed by atoms with E-state index in [2.05, 4.69) is 16.8 Å². The summed E-state index contributed by atoms with van der Waals surface area (Å²) in [6.07, 6.45) is 4.49. The molecule has 0 spiro atoms. The first kappa shape index (κ1) is 24.0. The zero-order valence-corrected chi connectivity index (χ0v) is 21.0. The lowest BCUT2D eigenvalue weighted by atomic mass is 9.97. The normalized spacial score (nSPS) is 20.5. The van der Waals surface area contributed by atoms with Crippen LogP contribution in [0, 0.1) is 12.8 Å². The van der Waals surface area contributed by atoms with E-state index < -0.39 is 10.0 Å². The first-order chi connectivity index (χ1) is 15.7. The molecule has 2 aromatic rings. The molecule has 8 nitrogen and oxygen atoms in total. The fraction of sp³-hybridized carbons (Fsp3) is 0.565. The number of aromatic nitrogens is 2. The maximum Gasteiger partial charge on any atom is 0.262 e. The molecule has 0 saturated carbocycles. The highest BCUT2D eigenvalue weighted by atomic mass is 35.5. The molecule has 0 radical (unpaired) electrons. The number of piperazine rings is 1. The molecule has 1 aromatic carbocycles. The number of carbonyl (C=O) groups is 1. The summed E-state index contributed by atoms with van der Waals surface area (Å²) >= 11 is 6.18. The number of piperidine rings is 1. The number of nitrogens with zero attached hydrogens (tertiary/aromatic N) is 5. The maximum absolute atomic E-state index is 13.3. The summed E-state index contributed by atoms with van der Waals surface area (Å²) in [5.41, 5.74) is 2.26. The maximum atomic E-state index is 13.3. The summed E-state index contributed by atoms with van der Waals surface area (Å²) in [5, 5.41) is 0.755. The second kappa shape index (κ2) is 9.64. The minimum Gasteiger partial charge on any atom is -0.368 e. The van der Waals surface area contributed by atoms with Crippen molar-refractivity contribution in [3.63, 3.8) is 0 Å².